The van der Waals surface area contributed by atoms with Gasteiger partial charge in [-0.05, 0) is 40.8 Å². The van der Waals surface area contributed by atoms with E-state index in [2.05, 4.69) is 21.2 Å². The number of halogens is 1. The van der Waals surface area contributed by atoms with Gasteiger partial charge in [0.15, 0.2) is 0 Å². The van der Waals surface area contributed by atoms with E-state index in [1.807, 2.05) is 0 Å². The van der Waals surface area contributed by atoms with E-state index in [1.165, 1.54) is 6.07 Å². The van der Waals surface area contributed by atoms with Crippen molar-refractivity contribution in [3.05, 3.63) is 26.7 Å². The number of nitro groups is 1. The molecule has 0 aromatic heterocycles. The first-order valence-electron chi connectivity index (χ1n) is 7.20. The Balaban J connectivity index is 2.39. The highest BCUT2D eigenvalue weighted by Crippen LogP contribution is 2.37. The minimum atomic E-state index is -4.08. The molecule has 1 unspecified atom stereocenters. The molecule has 1 saturated heterocycles. The monoisotopic (exact) mass is 423 g/mol. The van der Waals surface area contributed by atoms with Crippen LogP contribution in [0.1, 0.15) is 12.8 Å². The van der Waals surface area contributed by atoms with E-state index in [1.54, 1.807) is 0 Å². The van der Waals surface area contributed by atoms with E-state index in [4.69, 9.17) is 9.88 Å². The number of nitrogens with one attached hydrogen (secondary N) is 1. The summed E-state index contributed by atoms with van der Waals surface area (Å²) < 4.78 is 28.4. The molecular formula is C13H18BrN3O6S. The molecule has 1 fully saturated rings. The molecule has 9 nitrogen and oxygen atoms in total. The summed E-state index contributed by atoms with van der Waals surface area (Å²) in [4.78, 5) is 10.3. The lowest BCUT2D eigenvalue weighted by atomic mass is 9.92. The van der Waals surface area contributed by atoms with Crippen molar-refractivity contribution in [3.8, 4) is 0 Å². The zero-order valence-corrected chi connectivity index (χ0v) is 15.0. The van der Waals surface area contributed by atoms with Gasteiger partial charge in [0, 0.05) is 23.8 Å². The van der Waals surface area contributed by atoms with Gasteiger partial charge in [0.2, 0.25) is 10.0 Å². The fraction of sp³-hybridized carbons (Fsp3) is 0.538. The molecule has 1 aliphatic rings. The fourth-order valence-electron chi connectivity index (χ4n) is 2.64. The Morgan fingerprint density at radius 1 is 1.46 bits per heavy atom. The molecule has 1 aliphatic heterocycles. The number of hydrogen-bond donors (Lipinski definition) is 3. The minimum Gasteiger partial charge on any atom is -0.394 e. The molecule has 1 aromatic rings. The third-order valence-corrected chi connectivity index (χ3v) is 5.45. The third-order valence-electron chi connectivity index (χ3n) is 3.93. The second kappa shape index (κ2) is 7.74. The average molecular weight is 424 g/mol. The van der Waals surface area contributed by atoms with E-state index in [-0.39, 0.29) is 27.6 Å². The summed E-state index contributed by atoms with van der Waals surface area (Å²) in [5, 5.41) is 29.0. The number of ether oxygens (including phenoxy) is 1. The van der Waals surface area contributed by atoms with Crippen molar-refractivity contribution < 1.29 is 23.2 Å². The summed E-state index contributed by atoms with van der Waals surface area (Å²) in [6, 6.07) is 1.69. The lowest BCUT2D eigenvalue weighted by Crippen LogP contribution is -2.36. The van der Waals surface area contributed by atoms with Gasteiger partial charge in [0.05, 0.1) is 22.5 Å². The first kappa shape index (κ1) is 19.1. The van der Waals surface area contributed by atoms with Crippen LogP contribution in [0.2, 0.25) is 0 Å². The van der Waals surface area contributed by atoms with E-state index < -0.39 is 26.7 Å². The Hall–Kier alpha value is -1.27. The molecule has 1 aromatic carbocycles. The first-order valence-corrected chi connectivity index (χ1v) is 9.54. The Bertz CT molecular complexity index is 721. The highest BCUT2D eigenvalue weighted by molar-refractivity contribution is 9.10. The van der Waals surface area contributed by atoms with Crippen LogP contribution in [0.5, 0.6) is 0 Å². The molecule has 11 heteroatoms. The standard InChI is InChI=1S/C13H18BrN3O6S/c14-10-5-9(24(15,21)22)6-12(17(19)20)13(10)16-11(7-18)8-1-3-23-4-2-8/h5-6,8,11,16,18H,1-4,7H2,(H2,15,21,22). The second-order valence-corrected chi connectivity index (χ2v) is 7.90. The molecule has 0 radical (unpaired) electrons. The average Bonchev–Trinajstić information content (AvgIpc) is 2.53. The number of primary sulfonamides is 1. The Kier molecular flexibility index (Phi) is 6.15. The van der Waals surface area contributed by atoms with Crippen LogP contribution in [0.3, 0.4) is 0 Å². The molecule has 134 valence electrons. The van der Waals surface area contributed by atoms with Crippen molar-refractivity contribution in [1.29, 1.82) is 0 Å². The fourth-order valence-corrected chi connectivity index (χ4v) is 3.91. The summed E-state index contributed by atoms with van der Waals surface area (Å²) >= 11 is 3.15. The predicted octanol–water partition coefficient (Wildman–Crippen LogP) is 1.20. The number of aliphatic hydroxyl groups excluding tert-OH is 1. The van der Waals surface area contributed by atoms with Crippen LogP contribution < -0.4 is 10.5 Å². The van der Waals surface area contributed by atoms with Crippen molar-refractivity contribution in [2.75, 3.05) is 25.1 Å². The molecular weight excluding hydrogens is 406 g/mol. The lowest BCUT2D eigenvalue weighted by molar-refractivity contribution is -0.384. The lowest BCUT2D eigenvalue weighted by Gasteiger charge is -2.30. The zero-order chi connectivity index (χ0) is 17.9. The number of aliphatic hydroxyl groups is 1. The largest absolute Gasteiger partial charge is 0.394 e. The maximum Gasteiger partial charge on any atom is 0.294 e. The number of rotatable bonds is 6. The van der Waals surface area contributed by atoms with Crippen molar-refractivity contribution >= 4 is 37.3 Å². The number of anilines is 1. The summed E-state index contributed by atoms with van der Waals surface area (Å²) in [6.07, 6.45) is 1.44. The summed E-state index contributed by atoms with van der Waals surface area (Å²) in [6.45, 7) is 0.915. The van der Waals surface area contributed by atoms with Crippen LogP contribution in [-0.2, 0) is 14.8 Å². The zero-order valence-electron chi connectivity index (χ0n) is 12.6. The van der Waals surface area contributed by atoms with Crippen LogP contribution in [0, 0.1) is 16.0 Å². The summed E-state index contributed by atoms with van der Waals surface area (Å²) in [5.74, 6) is 0.0909. The molecule has 1 heterocycles. The van der Waals surface area contributed by atoms with Crippen molar-refractivity contribution in [2.24, 2.45) is 11.1 Å². The highest BCUT2D eigenvalue weighted by atomic mass is 79.9. The normalized spacial score (nSPS) is 17.5. The number of benzene rings is 1. The smallest absolute Gasteiger partial charge is 0.294 e. The maximum atomic E-state index is 11.5. The maximum absolute atomic E-state index is 11.5. The van der Waals surface area contributed by atoms with Crippen molar-refractivity contribution in [1.82, 2.24) is 0 Å². The molecule has 0 spiro atoms. The molecule has 4 N–H and O–H groups in total. The van der Waals surface area contributed by atoms with Crippen molar-refractivity contribution in [3.63, 3.8) is 0 Å². The van der Waals surface area contributed by atoms with Crippen LogP contribution in [0.15, 0.2) is 21.5 Å². The number of nitrogens with two attached hydrogens (primary N) is 1. The second-order valence-electron chi connectivity index (χ2n) is 5.48. The first-order chi connectivity index (χ1) is 11.2. The number of sulfonamides is 1. The van der Waals surface area contributed by atoms with Crippen molar-refractivity contribution in [2.45, 2.75) is 23.8 Å². The van der Waals surface area contributed by atoms with E-state index in [0.717, 1.165) is 18.9 Å². The molecule has 1 atom stereocenters. The molecule has 0 amide bonds. The van der Waals surface area contributed by atoms with Crippen LogP contribution in [-0.4, -0.2) is 44.3 Å². The molecule has 0 aliphatic carbocycles. The van der Waals surface area contributed by atoms with Gasteiger partial charge >= 0.3 is 0 Å². The highest BCUT2D eigenvalue weighted by Gasteiger charge is 2.28. The SMILES string of the molecule is NS(=O)(=O)c1cc(Br)c(NC(CO)C2CCOCC2)c([N+](=O)[O-])c1. The number of nitro benzene ring substituents is 1. The molecule has 2 rings (SSSR count). The molecule has 0 saturated carbocycles. The Morgan fingerprint density at radius 2 is 2.08 bits per heavy atom. The van der Waals surface area contributed by atoms with E-state index >= 15 is 0 Å². The Morgan fingerprint density at radius 3 is 2.58 bits per heavy atom. The quantitative estimate of drug-likeness (QED) is 0.460. The Labute approximate surface area is 147 Å². The topological polar surface area (TPSA) is 145 Å². The van der Waals surface area contributed by atoms with Crippen LogP contribution in [0.4, 0.5) is 11.4 Å². The van der Waals surface area contributed by atoms with Gasteiger partial charge < -0.3 is 15.2 Å². The minimum absolute atomic E-state index is 0.0909. The van der Waals surface area contributed by atoms with Gasteiger partial charge in [-0.3, -0.25) is 10.1 Å². The summed E-state index contributed by atoms with van der Waals surface area (Å²) in [5.41, 5.74) is -0.322. The van der Waals surface area contributed by atoms with Gasteiger partial charge in [-0.2, -0.15) is 0 Å². The van der Waals surface area contributed by atoms with Crippen LogP contribution in [0.25, 0.3) is 0 Å². The van der Waals surface area contributed by atoms with Gasteiger partial charge in [0.1, 0.15) is 5.69 Å². The number of hydrogen-bond acceptors (Lipinski definition) is 7. The summed E-state index contributed by atoms with van der Waals surface area (Å²) in [7, 11) is -4.08. The predicted molar refractivity (Wildman–Crippen MR) is 90.2 cm³/mol. The van der Waals surface area contributed by atoms with Gasteiger partial charge in [-0.1, -0.05) is 0 Å². The molecule has 0 bridgehead atoms. The van der Waals surface area contributed by atoms with E-state index in [9.17, 15) is 23.6 Å². The molecule has 24 heavy (non-hydrogen) atoms. The number of nitrogens with zero attached hydrogens (tertiary/aromatic N) is 1. The van der Waals surface area contributed by atoms with Gasteiger partial charge in [-0.15, -0.1) is 0 Å². The van der Waals surface area contributed by atoms with Gasteiger partial charge in [0.25, 0.3) is 5.69 Å². The van der Waals surface area contributed by atoms with Gasteiger partial charge in [-0.25, -0.2) is 13.6 Å². The third kappa shape index (κ3) is 4.42. The van der Waals surface area contributed by atoms with E-state index in [0.29, 0.717) is 13.2 Å². The van der Waals surface area contributed by atoms with Crippen LogP contribution >= 0.6 is 15.9 Å².